The third-order valence-electron chi connectivity index (χ3n) is 2.05. The van der Waals surface area contributed by atoms with Crippen molar-refractivity contribution in [2.45, 2.75) is 0 Å². The Balaban J connectivity index is 2.19. The van der Waals surface area contributed by atoms with Crippen LogP contribution in [-0.4, -0.2) is 16.1 Å². The molecular weight excluding hydrogens is 280 g/mol. The molecule has 1 amide bonds. The Kier molecular flexibility index (Phi) is 3.74. The highest BCUT2D eigenvalue weighted by molar-refractivity contribution is 6.30. The third-order valence-corrected chi connectivity index (χ3v) is 2.49. The molecule has 1 N–H and O–H groups in total. The SMILES string of the molecule is O=C(Nc1ccc(Cl)nn1)c1ccc(Cl)cc1F. The van der Waals surface area contributed by atoms with Crippen molar-refractivity contribution in [3.63, 3.8) is 0 Å². The molecule has 0 saturated heterocycles. The zero-order chi connectivity index (χ0) is 13.1. The Bertz CT molecular complexity index is 589. The molecule has 7 heteroatoms. The van der Waals surface area contributed by atoms with E-state index >= 15 is 0 Å². The van der Waals surface area contributed by atoms with Gasteiger partial charge in [-0.05, 0) is 30.3 Å². The molecule has 92 valence electrons. The van der Waals surface area contributed by atoms with Crippen LogP contribution in [0.3, 0.4) is 0 Å². The number of carbonyl (C=O) groups is 1. The number of hydrogen-bond acceptors (Lipinski definition) is 3. The summed E-state index contributed by atoms with van der Waals surface area (Å²) < 4.78 is 13.5. The second-order valence-corrected chi connectivity index (χ2v) is 4.14. The fraction of sp³-hybridized carbons (Fsp3) is 0. The molecule has 2 aromatic rings. The Morgan fingerprint density at radius 1 is 1.17 bits per heavy atom. The number of nitrogens with zero attached hydrogens (tertiary/aromatic N) is 2. The van der Waals surface area contributed by atoms with Crippen molar-refractivity contribution in [1.29, 1.82) is 0 Å². The predicted octanol–water partition coefficient (Wildman–Crippen LogP) is 3.17. The molecule has 0 unspecified atom stereocenters. The van der Waals surface area contributed by atoms with E-state index in [-0.39, 0.29) is 21.6 Å². The van der Waals surface area contributed by atoms with E-state index in [0.29, 0.717) is 0 Å². The maximum Gasteiger partial charge on any atom is 0.259 e. The van der Waals surface area contributed by atoms with Gasteiger partial charge < -0.3 is 5.32 Å². The summed E-state index contributed by atoms with van der Waals surface area (Å²) in [5.41, 5.74) is -0.129. The maximum absolute atomic E-state index is 13.5. The first kappa shape index (κ1) is 12.7. The van der Waals surface area contributed by atoms with Gasteiger partial charge in [-0.25, -0.2) is 4.39 Å². The van der Waals surface area contributed by atoms with Crippen LogP contribution >= 0.6 is 23.2 Å². The molecule has 0 radical (unpaired) electrons. The van der Waals surface area contributed by atoms with Gasteiger partial charge in [0.2, 0.25) is 0 Å². The Morgan fingerprint density at radius 2 is 1.94 bits per heavy atom. The highest BCUT2D eigenvalue weighted by Gasteiger charge is 2.12. The lowest BCUT2D eigenvalue weighted by atomic mass is 10.2. The number of halogens is 3. The molecule has 0 saturated carbocycles. The number of anilines is 1. The summed E-state index contributed by atoms with van der Waals surface area (Å²) in [4.78, 5) is 11.7. The van der Waals surface area contributed by atoms with Crippen LogP contribution in [0.25, 0.3) is 0 Å². The van der Waals surface area contributed by atoms with Crippen LogP contribution in [0, 0.1) is 5.82 Å². The lowest BCUT2D eigenvalue weighted by Gasteiger charge is -2.04. The molecule has 0 fully saturated rings. The highest BCUT2D eigenvalue weighted by atomic mass is 35.5. The van der Waals surface area contributed by atoms with E-state index in [2.05, 4.69) is 15.5 Å². The summed E-state index contributed by atoms with van der Waals surface area (Å²) >= 11 is 11.1. The fourth-order valence-corrected chi connectivity index (χ4v) is 1.50. The standard InChI is InChI=1S/C11H6Cl2FN3O/c12-6-1-2-7(8(14)5-6)11(18)15-10-4-3-9(13)16-17-10/h1-5H,(H,15,17,18). The van der Waals surface area contributed by atoms with E-state index in [0.717, 1.165) is 6.07 Å². The smallest absolute Gasteiger partial charge is 0.259 e. The first-order chi connectivity index (χ1) is 8.56. The zero-order valence-electron chi connectivity index (χ0n) is 8.82. The van der Waals surface area contributed by atoms with Gasteiger partial charge in [-0.15, -0.1) is 10.2 Å². The van der Waals surface area contributed by atoms with Crippen molar-refractivity contribution in [2.24, 2.45) is 0 Å². The van der Waals surface area contributed by atoms with Crippen LogP contribution in [-0.2, 0) is 0 Å². The van der Waals surface area contributed by atoms with Crippen LogP contribution in [0.5, 0.6) is 0 Å². The van der Waals surface area contributed by atoms with Gasteiger partial charge in [0.25, 0.3) is 5.91 Å². The molecule has 0 aliphatic carbocycles. The van der Waals surface area contributed by atoms with Crippen LogP contribution in [0.1, 0.15) is 10.4 Å². The van der Waals surface area contributed by atoms with Crippen LogP contribution < -0.4 is 5.32 Å². The second-order valence-electron chi connectivity index (χ2n) is 3.32. The van der Waals surface area contributed by atoms with Crippen molar-refractivity contribution in [1.82, 2.24) is 10.2 Å². The van der Waals surface area contributed by atoms with Gasteiger partial charge in [-0.2, -0.15) is 0 Å². The predicted molar refractivity (Wildman–Crippen MR) is 66.4 cm³/mol. The topological polar surface area (TPSA) is 54.9 Å². The minimum absolute atomic E-state index is 0.129. The summed E-state index contributed by atoms with van der Waals surface area (Å²) in [7, 11) is 0. The maximum atomic E-state index is 13.5. The second kappa shape index (κ2) is 5.29. The van der Waals surface area contributed by atoms with E-state index < -0.39 is 11.7 Å². The Labute approximate surface area is 112 Å². The third kappa shape index (κ3) is 2.94. The molecule has 0 atom stereocenters. The number of carbonyl (C=O) groups excluding carboxylic acids is 1. The lowest BCUT2D eigenvalue weighted by Crippen LogP contribution is -2.14. The van der Waals surface area contributed by atoms with Crippen LogP contribution in [0.15, 0.2) is 30.3 Å². The summed E-state index contributed by atoms with van der Waals surface area (Å²) in [6.45, 7) is 0. The molecule has 1 aromatic carbocycles. The normalized spacial score (nSPS) is 10.2. The molecule has 0 aliphatic heterocycles. The fourth-order valence-electron chi connectivity index (χ4n) is 1.24. The number of rotatable bonds is 2. The lowest BCUT2D eigenvalue weighted by molar-refractivity contribution is 0.102. The van der Waals surface area contributed by atoms with E-state index in [1.807, 2.05) is 0 Å². The van der Waals surface area contributed by atoms with Gasteiger partial charge in [-0.1, -0.05) is 23.2 Å². The summed E-state index contributed by atoms with van der Waals surface area (Å²) in [6.07, 6.45) is 0. The Hall–Kier alpha value is -1.72. The molecule has 0 bridgehead atoms. The Morgan fingerprint density at radius 3 is 2.56 bits per heavy atom. The van der Waals surface area contributed by atoms with Crippen molar-refractivity contribution in [2.75, 3.05) is 5.32 Å². The van der Waals surface area contributed by atoms with E-state index in [1.165, 1.54) is 24.3 Å². The zero-order valence-corrected chi connectivity index (χ0v) is 10.3. The number of nitrogens with one attached hydrogen (secondary N) is 1. The largest absolute Gasteiger partial charge is 0.305 e. The molecule has 1 aromatic heterocycles. The molecule has 4 nitrogen and oxygen atoms in total. The number of benzene rings is 1. The van der Waals surface area contributed by atoms with Gasteiger partial charge >= 0.3 is 0 Å². The van der Waals surface area contributed by atoms with Crippen molar-refractivity contribution >= 4 is 34.9 Å². The minimum atomic E-state index is -0.707. The first-order valence-electron chi connectivity index (χ1n) is 4.82. The van der Waals surface area contributed by atoms with Crippen LogP contribution in [0.4, 0.5) is 10.2 Å². The summed E-state index contributed by atoms with van der Waals surface area (Å²) in [5.74, 6) is -1.17. The average molecular weight is 286 g/mol. The van der Waals surface area contributed by atoms with Gasteiger partial charge in [0.1, 0.15) is 5.82 Å². The van der Waals surface area contributed by atoms with Gasteiger partial charge in [0.15, 0.2) is 11.0 Å². The van der Waals surface area contributed by atoms with Gasteiger partial charge in [0, 0.05) is 5.02 Å². The van der Waals surface area contributed by atoms with E-state index in [9.17, 15) is 9.18 Å². The van der Waals surface area contributed by atoms with Crippen LogP contribution in [0.2, 0.25) is 10.2 Å². The summed E-state index contributed by atoms with van der Waals surface area (Å²) in [5, 5.41) is 9.99. The molecule has 0 spiro atoms. The van der Waals surface area contributed by atoms with E-state index in [1.54, 1.807) is 0 Å². The minimum Gasteiger partial charge on any atom is -0.305 e. The van der Waals surface area contributed by atoms with Gasteiger partial charge in [0.05, 0.1) is 5.56 Å². The molecule has 18 heavy (non-hydrogen) atoms. The first-order valence-corrected chi connectivity index (χ1v) is 5.57. The summed E-state index contributed by atoms with van der Waals surface area (Å²) in [6, 6.07) is 6.69. The van der Waals surface area contributed by atoms with Crippen molar-refractivity contribution < 1.29 is 9.18 Å². The highest BCUT2D eigenvalue weighted by Crippen LogP contribution is 2.16. The van der Waals surface area contributed by atoms with Crippen molar-refractivity contribution in [3.8, 4) is 0 Å². The number of hydrogen-bond donors (Lipinski definition) is 1. The molecular formula is C11H6Cl2FN3O. The van der Waals surface area contributed by atoms with Gasteiger partial charge in [-0.3, -0.25) is 4.79 Å². The monoisotopic (exact) mass is 285 g/mol. The van der Waals surface area contributed by atoms with E-state index in [4.69, 9.17) is 23.2 Å². The number of amides is 1. The van der Waals surface area contributed by atoms with Crippen molar-refractivity contribution in [3.05, 3.63) is 51.9 Å². The molecule has 0 aliphatic rings. The number of aromatic nitrogens is 2. The average Bonchev–Trinajstić information content (AvgIpc) is 2.32. The quantitative estimate of drug-likeness (QED) is 0.922. The molecule has 2 rings (SSSR count). The molecule has 1 heterocycles.